The quantitative estimate of drug-likeness (QED) is 0.163. The van der Waals surface area contributed by atoms with E-state index < -0.39 is 17.9 Å². The minimum atomic E-state index is -0.581. The van der Waals surface area contributed by atoms with Crippen molar-refractivity contribution < 1.29 is 33.3 Å². The van der Waals surface area contributed by atoms with Gasteiger partial charge in [-0.15, -0.1) is 0 Å². The van der Waals surface area contributed by atoms with Crippen molar-refractivity contribution in [2.75, 3.05) is 19.8 Å². The molecule has 0 spiro atoms. The second-order valence-corrected chi connectivity index (χ2v) is 6.29. The average molecular weight is 436 g/mol. The fourth-order valence-electron chi connectivity index (χ4n) is 2.35. The number of ether oxygens (including phenoxy) is 4. The summed E-state index contributed by atoms with van der Waals surface area (Å²) in [5, 5.41) is 0. The Balaban J connectivity index is 1.77. The summed E-state index contributed by atoms with van der Waals surface area (Å²) in [6.45, 7) is 6.95. The number of carbonyl (C=O) groups is 3. The van der Waals surface area contributed by atoms with E-state index in [1.54, 1.807) is 12.1 Å². The topological polar surface area (TPSA) is 88.1 Å². The molecule has 0 N–H and O–H groups in total. The maximum Gasteiger partial charge on any atom is 0.330 e. The third-order valence-electron chi connectivity index (χ3n) is 3.94. The van der Waals surface area contributed by atoms with Crippen molar-refractivity contribution in [3.63, 3.8) is 0 Å². The van der Waals surface area contributed by atoms with E-state index in [0.717, 1.165) is 23.3 Å². The number of hydrogen-bond acceptors (Lipinski definition) is 7. The van der Waals surface area contributed by atoms with Crippen molar-refractivity contribution in [3.8, 4) is 11.5 Å². The Bertz CT molecular complexity index is 957. The number of benzene rings is 2. The first-order chi connectivity index (χ1) is 15.5. The zero-order valence-electron chi connectivity index (χ0n) is 17.5. The predicted octanol–water partition coefficient (Wildman–Crippen LogP) is 3.99. The van der Waals surface area contributed by atoms with Crippen LogP contribution in [0.2, 0.25) is 0 Å². The van der Waals surface area contributed by atoms with Crippen LogP contribution in [0.5, 0.6) is 11.5 Å². The van der Waals surface area contributed by atoms with Crippen LogP contribution in [0, 0.1) is 0 Å². The van der Waals surface area contributed by atoms with E-state index in [0.29, 0.717) is 11.5 Å². The van der Waals surface area contributed by atoms with E-state index in [1.807, 2.05) is 48.6 Å². The van der Waals surface area contributed by atoms with Crippen LogP contribution in [0.15, 0.2) is 73.8 Å². The molecule has 0 saturated heterocycles. The van der Waals surface area contributed by atoms with Crippen LogP contribution in [0.1, 0.15) is 17.5 Å². The van der Waals surface area contributed by atoms with E-state index in [2.05, 4.69) is 13.2 Å². The molecule has 7 heteroatoms. The number of hydrogen-bond donors (Lipinski definition) is 0. The SMILES string of the molecule is C=CC(=O)OCCOc1ccc(C=Cc2ccc(OC(=O)CCOC(=O)C=C)cc2)cc1. The largest absolute Gasteiger partial charge is 0.490 e. The highest BCUT2D eigenvalue weighted by Crippen LogP contribution is 2.17. The van der Waals surface area contributed by atoms with Crippen LogP contribution in [0.3, 0.4) is 0 Å². The predicted molar refractivity (Wildman–Crippen MR) is 120 cm³/mol. The van der Waals surface area contributed by atoms with Gasteiger partial charge in [-0.1, -0.05) is 49.6 Å². The highest BCUT2D eigenvalue weighted by atomic mass is 16.6. The van der Waals surface area contributed by atoms with E-state index in [9.17, 15) is 14.4 Å². The summed E-state index contributed by atoms with van der Waals surface area (Å²) in [4.78, 5) is 33.6. The fourth-order valence-corrected chi connectivity index (χ4v) is 2.35. The number of carbonyl (C=O) groups excluding carboxylic acids is 3. The Morgan fingerprint density at radius 3 is 1.72 bits per heavy atom. The van der Waals surface area contributed by atoms with Crippen molar-refractivity contribution in [2.45, 2.75) is 6.42 Å². The van der Waals surface area contributed by atoms with Gasteiger partial charge in [-0.3, -0.25) is 4.79 Å². The normalized spacial score (nSPS) is 10.2. The lowest BCUT2D eigenvalue weighted by Crippen LogP contribution is -2.12. The molecule has 2 rings (SSSR count). The Labute approximate surface area is 186 Å². The van der Waals surface area contributed by atoms with Crippen LogP contribution in [-0.4, -0.2) is 37.7 Å². The van der Waals surface area contributed by atoms with Gasteiger partial charge >= 0.3 is 17.9 Å². The first kappa shape index (κ1) is 24.1. The van der Waals surface area contributed by atoms with Crippen molar-refractivity contribution in [2.24, 2.45) is 0 Å². The summed E-state index contributed by atoms with van der Waals surface area (Å²) >= 11 is 0. The molecule has 0 atom stereocenters. The molecule has 0 aliphatic heterocycles. The molecule has 0 amide bonds. The van der Waals surface area contributed by atoms with Gasteiger partial charge < -0.3 is 18.9 Å². The monoisotopic (exact) mass is 436 g/mol. The van der Waals surface area contributed by atoms with E-state index in [4.69, 9.17) is 18.9 Å². The molecule has 0 saturated carbocycles. The Kier molecular flexibility index (Phi) is 9.98. The Morgan fingerprint density at radius 2 is 1.19 bits per heavy atom. The lowest BCUT2D eigenvalue weighted by molar-refractivity contribution is -0.141. The number of rotatable bonds is 12. The molecule has 166 valence electrons. The van der Waals surface area contributed by atoms with Gasteiger partial charge in [0.05, 0.1) is 6.42 Å². The molecule has 0 aliphatic rings. The first-order valence-electron chi connectivity index (χ1n) is 9.80. The minimum Gasteiger partial charge on any atom is -0.490 e. The van der Waals surface area contributed by atoms with Crippen LogP contribution < -0.4 is 9.47 Å². The lowest BCUT2D eigenvalue weighted by Gasteiger charge is -2.06. The third kappa shape index (κ3) is 9.13. The summed E-state index contributed by atoms with van der Waals surface area (Å²) in [5.74, 6) is -0.481. The zero-order valence-corrected chi connectivity index (χ0v) is 17.5. The smallest absolute Gasteiger partial charge is 0.330 e. The molecule has 2 aromatic rings. The maximum absolute atomic E-state index is 11.7. The molecule has 0 bridgehead atoms. The average Bonchev–Trinajstić information content (AvgIpc) is 2.81. The molecule has 0 fully saturated rings. The second-order valence-electron chi connectivity index (χ2n) is 6.29. The van der Waals surface area contributed by atoms with Gasteiger partial charge in [-0.2, -0.15) is 0 Å². The lowest BCUT2D eigenvalue weighted by atomic mass is 10.1. The van der Waals surface area contributed by atoms with Crippen LogP contribution in [-0.2, 0) is 23.9 Å². The summed E-state index contributed by atoms with van der Waals surface area (Å²) in [5.41, 5.74) is 1.90. The molecule has 0 unspecified atom stereocenters. The van der Waals surface area contributed by atoms with Gasteiger partial charge in [0.1, 0.15) is 31.3 Å². The van der Waals surface area contributed by atoms with Gasteiger partial charge in [0.2, 0.25) is 0 Å². The van der Waals surface area contributed by atoms with Gasteiger partial charge in [-0.05, 0) is 35.4 Å². The third-order valence-corrected chi connectivity index (χ3v) is 3.94. The highest BCUT2D eigenvalue weighted by molar-refractivity contribution is 5.81. The van der Waals surface area contributed by atoms with Gasteiger partial charge in [0.15, 0.2) is 0 Å². The van der Waals surface area contributed by atoms with Gasteiger partial charge in [0, 0.05) is 12.2 Å². The summed E-state index contributed by atoms with van der Waals surface area (Å²) in [6, 6.07) is 14.5. The van der Waals surface area contributed by atoms with Crippen LogP contribution >= 0.6 is 0 Å². The Hall–Kier alpha value is -4.13. The van der Waals surface area contributed by atoms with E-state index >= 15 is 0 Å². The van der Waals surface area contributed by atoms with Gasteiger partial charge in [0.25, 0.3) is 0 Å². The van der Waals surface area contributed by atoms with Gasteiger partial charge in [-0.25, -0.2) is 9.59 Å². The maximum atomic E-state index is 11.7. The second kappa shape index (κ2) is 13.2. The van der Waals surface area contributed by atoms with E-state index in [1.165, 1.54) is 0 Å². The zero-order chi connectivity index (χ0) is 23.2. The summed E-state index contributed by atoms with van der Waals surface area (Å²) in [7, 11) is 0. The minimum absolute atomic E-state index is 0.0408. The molecule has 32 heavy (non-hydrogen) atoms. The molecule has 0 heterocycles. The molecule has 7 nitrogen and oxygen atoms in total. The first-order valence-corrected chi connectivity index (χ1v) is 9.80. The van der Waals surface area contributed by atoms with Crippen LogP contribution in [0.4, 0.5) is 0 Å². The Morgan fingerprint density at radius 1 is 0.688 bits per heavy atom. The molecular formula is C25H24O7. The molecule has 0 aromatic heterocycles. The highest BCUT2D eigenvalue weighted by Gasteiger charge is 2.06. The fraction of sp³-hybridized carbons (Fsp3) is 0.160. The van der Waals surface area contributed by atoms with Crippen LogP contribution in [0.25, 0.3) is 12.2 Å². The molecule has 0 radical (unpaired) electrons. The van der Waals surface area contributed by atoms with E-state index in [-0.39, 0.29) is 26.2 Å². The van der Waals surface area contributed by atoms with Crippen molar-refractivity contribution >= 4 is 30.1 Å². The van der Waals surface area contributed by atoms with Crippen molar-refractivity contribution in [1.29, 1.82) is 0 Å². The number of esters is 3. The summed E-state index contributed by atoms with van der Waals surface area (Å²) < 4.78 is 20.3. The summed E-state index contributed by atoms with van der Waals surface area (Å²) in [6.07, 6.45) is 5.95. The van der Waals surface area contributed by atoms with Crippen molar-refractivity contribution in [3.05, 3.63) is 85.0 Å². The standard InChI is InChI=1S/C25H24O7/c1-3-23(26)30-16-15-25(28)32-22-13-9-20(10-14-22)6-5-19-7-11-21(12-8-19)29-17-18-31-24(27)4-2/h3-14H,1-2,15-18H2. The molecule has 2 aromatic carbocycles. The molecule has 0 aliphatic carbocycles. The molecular weight excluding hydrogens is 412 g/mol. The van der Waals surface area contributed by atoms with Crippen molar-refractivity contribution in [1.82, 2.24) is 0 Å².